The number of fused-ring (bicyclic) bond motifs is 1. The third-order valence-corrected chi connectivity index (χ3v) is 4.63. The Morgan fingerprint density at radius 1 is 1.34 bits per heavy atom. The number of amides is 4. The van der Waals surface area contributed by atoms with Gasteiger partial charge in [-0.05, 0) is 26.0 Å². The lowest BCUT2D eigenvalue weighted by Gasteiger charge is -2.29. The first kappa shape index (κ1) is 20.2. The Bertz CT molecular complexity index is 963. The average Bonchev–Trinajstić information content (AvgIpc) is 2.71. The van der Waals surface area contributed by atoms with Crippen LogP contribution in [-0.4, -0.2) is 66.7 Å². The lowest BCUT2D eigenvalue weighted by atomic mass is 9.96. The highest BCUT2D eigenvalue weighted by Crippen LogP contribution is 2.28. The molecule has 0 saturated carbocycles. The molecule has 29 heavy (non-hydrogen) atoms. The maximum absolute atomic E-state index is 13.1. The highest BCUT2D eigenvalue weighted by atomic mass is 16.5. The zero-order valence-electron chi connectivity index (χ0n) is 16.8. The van der Waals surface area contributed by atoms with Crippen LogP contribution in [0.4, 0.5) is 10.5 Å². The van der Waals surface area contributed by atoms with E-state index in [-0.39, 0.29) is 0 Å². The Balaban J connectivity index is 1.84. The predicted molar refractivity (Wildman–Crippen MR) is 106 cm³/mol. The summed E-state index contributed by atoms with van der Waals surface area (Å²) in [6, 6.07) is 6.18. The number of urea groups is 1. The van der Waals surface area contributed by atoms with Gasteiger partial charge in [-0.1, -0.05) is 6.07 Å². The van der Waals surface area contributed by atoms with Crippen molar-refractivity contribution in [3.8, 4) is 5.75 Å². The molecule has 0 saturated heterocycles. The van der Waals surface area contributed by atoms with E-state index < -0.39 is 30.3 Å². The lowest BCUT2D eigenvalue weighted by molar-refractivity contribution is -0.408. The van der Waals surface area contributed by atoms with Crippen molar-refractivity contribution in [3.05, 3.63) is 35.6 Å². The van der Waals surface area contributed by atoms with E-state index in [1.54, 1.807) is 37.4 Å². The highest BCUT2D eigenvalue weighted by Gasteiger charge is 2.50. The number of amidine groups is 1. The van der Waals surface area contributed by atoms with Crippen molar-refractivity contribution in [1.82, 2.24) is 4.90 Å². The fourth-order valence-electron chi connectivity index (χ4n) is 3.22. The molecule has 4 amide bonds. The average molecular weight is 399 g/mol. The first-order valence-corrected chi connectivity index (χ1v) is 9.14. The number of benzene rings is 1. The van der Waals surface area contributed by atoms with Gasteiger partial charge in [0.15, 0.2) is 12.5 Å². The number of carbonyl (C=O) groups is 3. The molecule has 0 fully saturated rings. The summed E-state index contributed by atoms with van der Waals surface area (Å²) in [7, 11) is 3.04. The molecule has 1 N–H and O–H groups in total. The summed E-state index contributed by atoms with van der Waals surface area (Å²) >= 11 is 0. The fourth-order valence-corrected chi connectivity index (χ4v) is 3.22. The van der Waals surface area contributed by atoms with Gasteiger partial charge in [-0.25, -0.2) is 4.79 Å². The number of nitrogens with one attached hydrogen (secondary N) is 1. The normalized spacial score (nSPS) is 18.8. The number of rotatable bonds is 6. The van der Waals surface area contributed by atoms with Crippen LogP contribution < -0.4 is 10.1 Å². The third kappa shape index (κ3) is 3.89. The molecule has 0 aromatic heterocycles. The van der Waals surface area contributed by atoms with E-state index in [1.165, 1.54) is 18.7 Å². The largest absolute Gasteiger partial charge is 0.497 e. The van der Waals surface area contributed by atoms with Crippen molar-refractivity contribution >= 4 is 35.6 Å². The molecule has 152 valence electrons. The molecule has 1 unspecified atom stereocenters. The molecule has 1 atom stereocenters. The second-order valence-electron chi connectivity index (χ2n) is 6.58. The molecule has 1 aromatic carbocycles. The second kappa shape index (κ2) is 8.26. The molecule has 0 aliphatic carbocycles. The van der Waals surface area contributed by atoms with Crippen molar-refractivity contribution in [2.24, 2.45) is 10.9 Å². The number of methoxy groups -OCH3 is 1. The summed E-state index contributed by atoms with van der Waals surface area (Å²) in [5.41, 5.74) is 1.21. The van der Waals surface area contributed by atoms with E-state index in [0.29, 0.717) is 35.2 Å². The molecule has 1 aromatic rings. The summed E-state index contributed by atoms with van der Waals surface area (Å²) < 4.78 is 12.1. The van der Waals surface area contributed by atoms with Gasteiger partial charge in [-0.2, -0.15) is 9.48 Å². The Morgan fingerprint density at radius 3 is 2.79 bits per heavy atom. The minimum atomic E-state index is -0.854. The van der Waals surface area contributed by atoms with Crippen molar-refractivity contribution in [2.45, 2.75) is 13.8 Å². The van der Waals surface area contributed by atoms with E-state index in [9.17, 15) is 14.4 Å². The number of aliphatic imine (C=N–C) groups is 1. The molecule has 0 radical (unpaired) electrons. The van der Waals surface area contributed by atoms with Crippen molar-refractivity contribution in [3.63, 3.8) is 0 Å². The van der Waals surface area contributed by atoms with Gasteiger partial charge >= 0.3 is 11.9 Å². The number of carbonyl (C=O) groups excluding carboxylic acids is 3. The number of hydrogen-bond donors (Lipinski definition) is 1. The zero-order chi connectivity index (χ0) is 21.1. The number of dihydropyridines is 1. The van der Waals surface area contributed by atoms with Crippen LogP contribution >= 0.6 is 0 Å². The lowest BCUT2D eigenvalue weighted by Crippen LogP contribution is -2.56. The monoisotopic (exact) mass is 399 g/mol. The van der Waals surface area contributed by atoms with Gasteiger partial charge in [0.2, 0.25) is 0 Å². The summed E-state index contributed by atoms with van der Waals surface area (Å²) in [6.07, 6.45) is 1.57. The topological polar surface area (TPSA) is 100 Å². The summed E-state index contributed by atoms with van der Waals surface area (Å²) in [4.78, 5) is 43.5. The molecule has 9 heteroatoms. The summed E-state index contributed by atoms with van der Waals surface area (Å²) in [5, 5.41) is 2.67. The number of allylic oxidation sites excluding steroid dienone is 1. The van der Waals surface area contributed by atoms with Crippen LogP contribution in [0.2, 0.25) is 0 Å². The van der Waals surface area contributed by atoms with E-state index in [0.717, 1.165) is 4.90 Å². The molecule has 3 rings (SSSR count). The van der Waals surface area contributed by atoms with Crippen LogP contribution in [-0.2, 0) is 14.3 Å². The Kier molecular flexibility index (Phi) is 5.76. The minimum Gasteiger partial charge on any atom is -0.497 e. The Morgan fingerprint density at radius 2 is 2.10 bits per heavy atom. The number of hydrogen-bond acceptors (Lipinski definition) is 6. The van der Waals surface area contributed by atoms with Gasteiger partial charge in [0, 0.05) is 17.3 Å². The van der Waals surface area contributed by atoms with Crippen molar-refractivity contribution < 1.29 is 28.4 Å². The minimum absolute atomic E-state index is 0.290. The highest BCUT2D eigenvalue weighted by molar-refractivity contribution is 6.17. The standard InChI is InChI=1S/C20H22N4O5/c1-5-29-17-12(2)10-21-18-16(17)19(26)24(20(27)23(18)3)11-15(25)22-13-7-6-8-14(9-13)28-4/h6-10,16H,5,11H2,1-4H3/p+1. The SMILES string of the molecule is CCOC1=C(C)C=NC2=[N+](C)C(=O)N(CC(=O)Nc3cccc(OC)c3)C(=O)C12. The molecule has 9 nitrogen and oxygen atoms in total. The number of nitrogens with zero attached hydrogens (tertiary/aromatic N) is 3. The van der Waals surface area contributed by atoms with Crippen LogP contribution in [0.15, 0.2) is 40.6 Å². The third-order valence-electron chi connectivity index (χ3n) is 4.63. The van der Waals surface area contributed by atoms with Gasteiger partial charge in [0.25, 0.3) is 11.7 Å². The zero-order valence-corrected chi connectivity index (χ0v) is 16.8. The first-order valence-electron chi connectivity index (χ1n) is 9.14. The number of anilines is 1. The predicted octanol–water partition coefficient (Wildman–Crippen LogP) is 1.65. The Hall–Kier alpha value is -3.49. The van der Waals surface area contributed by atoms with Gasteiger partial charge in [-0.3, -0.25) is 9.59 Å². The molecular formula is C20H23N4O5+. The maximum atomic E-state index is 13.1. The Labute approximate surface area is 168 Å². The van der Waals surface area contributed by atoms with Crippen LogP contribution in [0.1, 0.15) is 13.8 Å². The van der Waals surface area contributed by atoms with Gasteiger partial charge < -0.3 is 14.8 Å². The van der Waals surface area contributed by atoms with Crippen LogP contribution in [0.25, 0.3) is 0 Å². The van der Waals surface area contributed by atoms with Crippen LogP contribution in [0.5, 0.6) is 5.75 Å². The van der Waals surface area contributed by atoms with E-state index in [2.05, 4.69) is 10.3 Å². The fraction of sp³-hybridized carbons (Fsp3) is 0.350. The van der Waals surface area contributed by atoms with Crippen LogP contribution in [0, 0.1) is 5.92 Å². The summed E-state index contributed by atoms with van der Waals surface area (Å²) in [6.45, 7) is 3.54. The summed E-state index contributed by atoms with van der Waals surface area (Å²) in [5.74, 6) is -0.585. The van der Waals surface area contributed by atoms with Crippen LogP contribution in [0.3, 0.4) is 0 Å². The molecule has 0 bridgehead atoms. The van der Waals surface area contributed by atoms with Gasteiger partial charge in [0.05, 0.1) is 20.8 Å². The quantitative estimate of drug-likeness (QED) is 0.733. The second-order valence-corrected chi connectivity index (χ2v) is 6.58. The van der Waals surface area contributed by atoms with Gasteiger partial charge in [0.1, 0.15) is 17.7 Å². The molecule has 2 heterocycles. The first-order chi connectivity index (χ1) is 13.9. The van der Waals surface area contributed by atoms with E-state index in [4.69, 9.17) is 9.47 Å². The smallest absolute Gasteiger partial charge is 0.446 e. The number of ether oxygens (including phenoxy) is 2. The number of imide groups is 1. The molecule has 0 spiro atoms. The maximum Gasteiger partial charge on any atom is 0.446 e. The van der Waals surface area contributed by atoms with E-state index >= 15 is 0 Å². The van der Waals surface area contributed by atoms with Gasteiger partial charge in [-0.15, -0.1) is 4.99 Å². The molecule has 2 aliphatic heterocycles. The molecular weight excluding hydrogens is 376 g/mol. The van der Waals surface area contributed by atoms with E-state index in [1.807, 2.05) is 6.92 Å². The van der Waals surface area contributed by atoms with Crippen molar-refractivity contribution in [1.29, 1.82) is 0 Å². The van der Waals surface area contributed by atoms with Crippen molar-refractivity contribution in [2.75, 3.05) is 32.6 Å². The molecule has 2 aliphatic rings.